The van der Waals surface area contributed by atoms with Gasteiger partial charge in [0.25, 0.3) is 5.91 Å². The van der Waals surface area contributed by atoms with E-state index in [2.05, 4.69) is 15.5 Å². The topological polar surface area (TPSA) is 59.3 Å². The van der Waals surface area contributed by atoms with Crippen molar-refractivity contribution in [2.24, 2.45) is 5.10 Å². The van der Waals surface area contributed by atoms with Crippen molar-refractivity contribution in [1.29, 1.82) is 0 Å². The van der Waals surface area contributed by atoms with E-state index in [0.717, 1.165) is 22.2 Å². The first-order valence-electron chi connectivity index (χ1n) is 7.01. The van der Waals surface area contributed by atoms with Crippen molar-refractivity contribution in [3.8, 4) is 0 Å². The van der Waals surface area contributed by atoms with Gasteiger partial charge in [0, 0.05) is 0 Å². The quantitative estimate of drug-likeness (QED) is 0.593. The number of rotatable bonds is 4. The Morgan fingerprint density at radius 1 is 1.27 bits per heavy atom. The van der Waals surface area contributed by atoms with Crippen LogP contribution in [0.2, 0.25) is 0 Å². The summed E-state index contributed by atoms with van der Waals surface area (Å²) in [5.41, 5.74) is 6.45. The molecule has 1 heterocycles. The van der Waals surface area contributed by atoms with Gasteiger partial charge < -0.3 is 4.57 Å². The maximum absolute atomic E-state index is 11.9. The van der Waals surface area contributed by atoms with Crippen LogP contribution in [0.3, 0.4) is 0 Å². The normalized spacial score (nSPS) is 11.1. The molecule has 0 radical (unpaired) electrons. The van der Waals surface area contributed by atoms with Crippen molar-refractivity contribution in [2.45, 2.75) is 13.5 Å². The predicted molar refractivity (Wildman–Crippen MR) is 86.6 cm³/mol. The standard InChI is InChI=1S/C17H16N4O/c1-13-5-4-6-14(9-13)10-19-20-17(22)11-21-12-18-15-7-2-3-8-16(15)21/h2-10,12H,11H2,1H3,(H,20,22). The molecule has 110 valence electrons. The first kappa shape index (κ1) is 14.0. The van der Waals surface area contributed by atoms with E-state index in [1.807, 2.05) is 55.5 Å². The number of nitrogens with zero attached hydrogens (tertiary/aromatic N) is 3. The zero-order chi connectivity index (χ0) is 15.4. The second-order valence-electron chi connectivity index (χ2n) is 5.07. The molecule has 0 fully saturated rings. The van der Waals surface area contributed by atoms with Gasteiger partial charge in [-0.2, -0.15) is 5.10 Å². The fraction of sp³-hybridized carbons (Fsp3) is 0.118. The summed E-state index contributed by atoms with van der Waals surface area (Å²) < 4.78 is 1.80. The molecule has 0 aliphatic rings. The number of fused-ring (bicyclic) bond motifs is 1. The minimum absolute atomic E-state index is 0.186. The molecule has 1 aromatic heterocycles. The summed E-state index contributed by atoms with van der Waals surface area (Å²) in [6.07, 6.45) is 3.30. The molecule has 0 saturated carbocycles. The molecule has 0 bridgehead atoms. The van der Waals surface area contributed by atoms with Crippen LogP contribution in [0.15, 0.2) is 60.0 Å². The van der Waals surface area contributed by atoms with E-state index in [1.54, 1.807) is 17.1 Å². The predicted octanol–water partition coefficient (Wildman–Crippen LogP) is 2.50. The van der Waals surface area contributed by atoms with Gasteiger partial charge in [0.05, 0.1) is 23.6 Å². The Kier molecular flexibility index (Phi) is 3.96. The van der Waals surface area contributed by atoms with E-state index >= 15 is 0 Å². The summed E-state index contributed by atoms with van der Waals surface area (Å²) in [7, 11) is 0. The molecule has 0 aliphatic carbocycles. The number of para-hydroxylation sites is 2. The van der Waals surface area contributed by atoms with Crippen LogP contribution in [0.4, 0.5) is 0 Å². The SMILES string of the molecule is Cc1cccc(C=NNC(=O)Cn2cnc3ccccc32)c1. The summed E-state index contributed by atoms with van der Waals surface area (Å²) in [5.74, 6) is -0.188. The Morgan fingerprint density at radius 2 is 2.14 bits per heavy atom. The van der Waals surface area contributed by atoms with Gasteiger partial charge in [-0.25, -0.2) is 10.4 Å². The second-order valence-corrected chi connectivity index (χ2v) is 5.07. The van der Waals surface area contributed by atoms with Crippen molar-refractivity contribution in [3.63, 3.8) is 0 Å². The van der Waals surface area contributed by atoms with E-state index in [0.29, 0.717) is 0 Å². The molecular weight excluding hydrogens is 276 g/mol. The van der Waals surface area contributed by atoms with Crippen LogP contribution < -0.4 is 5.43 Å². The fourth-order valence-electron chi connectivity index (χ4n) is 2.26. The lowest BCUT2D eigenvalue weighted by atomic mass is 10.2. The van der Waals surface area contributed by atoms with Crippen LogP contribution >= 0.6 is 0 Å². The van der Waals surface area contributed by atoms with Crippen molar-refractivity contribution in [2.75, 3.05) is 0 Å². The van der Waals surface area contributed by atoms with E-state index in [1.165, 1.54) is 0 Å². The zero-order valence-electron chi connectivity index (χ0n) is 12.2. The second kappa shape index (κ2) is 6.22. The molecule has 3 aromatic rings. The lowest BCUT2D eigenvalue weighted by molar-refractivity contribution is -0.121. The third-order valence-electron chi connectivity index (χ3n) is 3.29. The third-order valence-corrected chi connectivity index (χ3v) is 3.29. The van der Waals surface area contributed by atoms with Gasteiger partial charge in [-0.1, -0.05) is 42.0 Å². The molecular formula is C17H16N4O. The number of nitrogens with one attached hydrogen (secondary N) is 1. The van der Waals surface area contributed by atoms with Gasteiger partial charge in [0.15, 0.2) is 0 Å². The van der Waals surface area contributed by atoms with Crippen molar-refractivity contribution >= 4 is 23.2 Å². The molecule has 2 aromatic carbocycles. The van der Waals surface area contributed by atoms with Crippen LogP contribution in [0.5, 0.6) is 0 Å². The summed E-state index contributed by atoms with van der Waals surface area (Å²) >= 11 is 0. The zero-order valence-corrected chi connectivity index (χ0v) is 12.2. The average Bonchev–Trinajstić information content (AvgIpc) is 2.91. The molecule has 1 amide bonds. The molecule has 0 atom stereocenters. The highest BCUT2D eigenvalue weighted by Crippen LogP contribution is 2.11. The molecule has 22 heavy (non-hydrogen) atoms. The van der Waals surface area contributed by atoms with Gasteiger partial charge in [-0.3, -0.25) is 4.79 Å². The van der Waals surface area contributed by atoms with Crippen molar-refractivity contribution in [3.05, 3.63) is 66.0 Å². The number of carbonyl (C=O) groups excluding carboxylic acids is 1. The fourth-order valence-corrected chi connectivity index (χ4v) is 2.26. The first-order chi connectivity index (χ1) is 10.7. The summed E-state index contributed by atoms with van der Waals surface area (Å²) in [6, 6.07) is 15.6. The number of aryl methyl sites for hydroxylation is 1. The van der Waals surface area contributed by atoms with E-state index in [4.69, 9.17) is 0 Å². The maximum Gasteiger partial charge on any atom is 0.260 e. The number of benzene rings is 2. The third kappa shape index (κ3) is 3.20. The van der Waals surface area contributed by atoms with Crippen LogP contribution in [0.1, 0.15) is 11.1 Å². The molecule has 0 saturated heterocycles. The van der Waals surface area contributed by atoms with Crippen molar-refractivity contribution in [1.82, 2.24) is 15.0 Å². The molecule has 1 N–H and O–H groups in total. The Labute approximate surface area is 128 Å². The van der Waals surface area contributed by atoms with Crippen LogP contribution in [0, 0.1) is 6.92 Å². The highest BCUT2D eigenvalue weighted by Gasteiger charge is 2.05. The van der Waals surface area contributed by atoms with Gasteiger partial charge in [0.2, 0.25) is 0 Å². The van der Waals surface area contributed by atoms with Gasteiger partial charge >= 0.3 is 0 Å². The van der Waals surface area contributed by atoms with Crippen LogP contribution in [0.25, 0.3) is 11.0 Å². The number of imidazole rings is 1. The number of hydrogen-bond acceptors (Lipinski definition) is 3. The summed E-state index contributed by atoms with van der Waals surface area (Å²) in [4.78, 5) is 16.2. The Hall–Kier alpha value is -2.95. The van der Waals surface area contributed by atoms with E-state index < -0.39 is 0 Å². The number of carbonyl (C=O) groups is 1. The summed E-state index contributed by atoms with van der Waals surface area (Å²) in [6.45, 7) is 2.20. The highest BCUT2D eigenvalue weighted by atomic mass is 16.2. The van der Waals surface area contributed by atoms with Crippen LogP contribution in [-0.2, 0) is 11.3 Å². The van der Waals surface area contributed by atoms with E-state index in [9.17, 15) is 4.79 Å². The monoisotopic (exact) mass is 292 g/mol. The maximum atomic E-state index is 11.9. The molecule has 0 aliphatic heterocycles. The number of hydrazone groups is 1. The Balaban J connectivity index is 1.63. The molecule has 0 spiro atoms. The lowest BCUT2D eigenvalue weighted by Gasteiger charge is -2.02. The molecule has 3 rings (SSSR count). The molecule has 0 unspecified atom stereocenters. The van der Waals surface area contributed by atoms with Gasteiger partial charge in [-0.05, 0) is 24.6 Å². The van der Waals surface area contributed by atoms with E-state index in [-0.39, 0.29) is 12.5 Å². The lowest BCUT2D eigenvalue weighted by Crippen LogP contribution is -2.22. The summed E-state index contributed by atoms with van der Waals surface area (Å²) in [5, 5.41) is 3.98. The average molecular weight is 292 g/mol. The smallest absolute Gasteiger partial charge is 0.260 e. The first-order valence-corrected chi connectivity index (χ1v) is 7.01. The molecule has 5 nitrogen and oxygen atoms in total. The number of hydrogen-bond donors (Lipinski definition) is 1. The minimum Gasteiger partial charge on any atom is -0.321 e. The Morgan fingerprint density at radius 3 is 3.00 bits per heavy atom. The van der Waals surface area contributed by atoms with Crippen molar-refractivity contribution < 1.29 is 4.79 Å². The largest absolute Gasteiger partial charge is 0.321 e. The highest BCUT2D eigenvalue weighted by molar-refractivity contribution is 5.83. The number of aromatic nitrogens is 2. The minimum atomic E-state index is -0.188. The number of amides is 1. The van der Waals surface area contributed by atoms with Gasteiger partial charge in [0.1, 0.15) is 6.54 Å². The van der Waals surface area contributed by atoms with Gasteiger partial charge in [-0.15, -0.1) is 0 Å². The Bertz CT molecular complexity index is 835. The van der Waals surface area contributed by atoms with Crippen LogP contribution in [-0.4, -0.2) is 21.7 Å². The molecule has 5 heteroatoms.